The fourth-order valence-electron chi connectivity index (χ4n) is 3.62. The highest BCUT2D eigenvalue weighted by molar-refractivity contribution is 7.99. The molecule has 1 aliphatic rings. The zero-order chi connectivity index (χ0) is 23.4. The molecule has 1 atom stereocenters. The molecule has 174 valence electrons. The molecule has 0 amide bonds. The number of benzene rings is 1. The van der Waals surface area contributed by atoms with Crippen LogP contribution in [0.1, 0.15) is 52.1 Å². The van der Waals surface area contributed by atoms with Gasteiger partial charge in [0.05, 0.1) is 23.7 Å². The molecule has 9 nitrogen and oxygen atoms in total. The molecule has 0 spiro atoms. The lowest BCUT2D eigenvalue weighted by Gasteiger charge is -2.12. The largest absolute Gasteiger partial charge is 0.462 e. The van der Waals surface area contributed by atoms with E-state index in [9.17, 15) is 9.59 Å². The van der Waals surface area contributed by atoms with Gasteiger partial charge in [0, 0.05) is 17.3 Å². The van der Waals surface area contributed by atoms with Crippen molar-refractivity contribution in [2.24, 2.45) is 0 Å². The first-order valence-electron chi connectivity index (χ1n) is 10.7. The number of nitrogens with zero attached hydrogens (tertiary/aromatic N) is 2. The van der Waals surface area contributed by atoms with Crippen molar-refractivity contribution in [1.29, 1.82) is 0 Å². The molecule has 4 rings (SSSR count). The van der Waals surface area contributed by atoms with Crippen molar-refractivity contribution in [3.63, 3.8) is 0 Å². The summed E-state index contributed by atoms with van der Waals surface area (Å²) in [6.07, 6.45) is 2.31. The van der Waals surface area contributed by atoms with E-state index in [1.54, 1.807) is 37.7 Å². The molecule has 0 saturated carbocycles. The van der Waals surface area contributed by atoms with Crippen LogP contribution in [0.3, 0.4) is 0 Å². The number of nitrogens with two attached hydrogens (primary N) is 1. The Bertz CT molecular complexity index is 1170. The van der Waals surface area contributed by atoms with E-state index in [1.165, 1.54) is 0 Å². The molecular weight excluding hydrogens is 446 g/mol. The van der Waals surface area contributed by atoms with Gasteiger partial charge in [-0.25, -0.2) is 14.6 Å². The summed E-state index contributed by atoms with van der Waals surface area (Å²) < 4.78 is 21.8. The number of thioether (sulfide) groups is 1. The lowest BCUT2D eigenvalue weighted by atomic mass is 10.2. The minimum Gasteiger partial charge on any atom is -0.462 e. The summed E-state index contributed by atoms with van der Waals surface area (Å²) in [5, 5.41) is 0.289. The van der Waals surface area contributed by atoms with Gasteiger partial charge in [-0.15, -0.1) is 11.8 Å². The summed E-state index contributed by atoms with van der Waals surface area (Å²) in [6.45, 7) is 4.14. The van der Waals surface area contributed by atoms with Crippen LogP contribution in [0, 0.1) is 6.92 Å². The fraction of sp³-hybridized carbons (Fsp3) is 0.391. The predicted octanol–water partition coefficient (Wildman–Crippen LogP) is 3.92. The Labute approximate surface area is 195 Å². The number of fused-ring (bicyclic) bond motifs is 1. The highest BCUT2D eigenvalue weighted by Crippen LogP contribution is 2.30. The topological polar surface area (TPSA) is 127 Å². The maximum Gasteiger partial charge on any atom is 0.342 e. The van der Waals surface area contributed by atoms with Crippen molar-refractivity contribution < 1.29 is 28.2 Å². The number of aryl methyl sites for hydroxylation is 1. The molecule has 2 aromatic heterocycles. The first kappa shape index (κ1) is 23.1. The van der Waals surface area contributed by atoms with Crippen LogP contribution in [-0.2, 0) is 20.8 Å². The van der Waals surface area contributed by atoms with Gasteiger partial charge in [-0.05, 0) is 38.8 Å². The molecule has 1 aliphatic heterocycles. The van der Waals surface area contributed by atoms with Gasteiger partial charge >= 0.3 is 11.9 Å². The Morgan fingerprint density at radius 1 is 1.21 bits per heavy atom. The van der Waals surface area contributed by atoms with Crippen molar-refractivity contribution in [3.8, 4) is 0 Å². The molecule has 1 aromatic carbocycles. The van der Waals surface area contributed by atoms with E-state index < -0.39 is 11.9 Å². The number of ether oxygens (including phenoxy) is 3. The highest BCUT2D eigenvalue weighted by Gasteiger charge is 2.24. The molecule has 0 radical (unpaired) electrons. The van der Waals surface area contributed by atoms with Crippen molar-refractivity contribution in [1.82, 2.24) is 9.97 Å². The van der Waals surface area contributed by atoms with Gasteiger partial charge in [0.25, 0.3) is 0 Å². The minimum atomic E-state index is -0.555. The fourth-order valence-corrected chi connectivity index (χ4v) is 4.73. The standard InChI is InChI=1S/C23H25N3O6S/c1-3-29-23(28)18-13(2)32-21-19(18)20(24)25-17(26-21)11-31-22(27)15-8-4-5-9-16(15)33-12-14-7-6-10-30-14/h4-5,8-9,14H,3,6-7,10-12H2,1-2H3,(H2,24,25,26). The summed E-state index contributed by atoms with van der Waals surface area (Å²) in [6, 6.07) is 7.28. The smallest absolute Gasteiger partial charge is 0.342 e. The van der Waals surface area contributed by atoms with Crippen LogP contribution in [0.25, 0.3) is 11.1 Å². The van der Waals surface area contributed by atoms with Crippen LogP contribution in [0.2, 0.25) is 0 Å². The van der Waals surface area contributed by atoms with E-state index in [-0.39, 0.29) is 47.6 Å². The number of furan rings is 1. The van der Waals surface area contributed by atoms with E-state index in [0.29, 0.717) is 11.3 Å². The van der Waals surface area contributed by atoms with Gasteiger partial charge in [0.1, 0.15) is 17.1 Å². The van der Waals surface area contributed by atoms with E-state index in [0.717, 1.165) is 30.1 Å². The monoisotopic (exact) mass is 471 g/mol. The lowest BCUT2D eigenvalue weighted by molar-refractivity contribution is 0.0457. The SMILES string of the molecule is CCOC(=O)c1c(C)oc2nc(COC(=O)c3ccccc3SCC3CCCO3)nc(N)c12. The molecular formula is C23H25N3O6S. The van der Waals surface area contributed by atoms with Gasteiger partial charge in [-0.1, -0.05) is 12.1 Å². The average Bonchev–Trinajstić information content (AvgIpc) is 3.43. The third kappa shape index (κ3) is 5.12. The Balaban J connectivity index is 1.47. The predicted molar refractivity (Wildman–Crippen MR) is 122 cm³/mol. The summed E-state index contributed by atoms with van der Waals surface area (Å²) in [5.41, 5.74) is 6.88. The third-order valence-corrected chi connectivity index (χ3v) is 6.38. The second-order valence-electron chi connectivity index (χ2n) is 7.48. The molecule has 1 unspecified atom stereocenters. The van der Waals surface area contributed by atoms with Gasteiger partial charge in [0.15, 0.2) is 12.4 Å². The number of nitrogen functional groups attached to an aromatic ring is 1. The van der Waals surface area contributed by atoms with Crippen LogP contribution in [0.15, 0.2) is 33.6 Å². The molecule has 1 saturated heterocycles. The van der Waals surface area contributed by atoms with Gasteiger partial charge in [-0.3, -0.25) is 0 Å². The Morgan fingerprint density at radius 2 is 2.03 bits per heavy atom. The normalized spacial score (nSPS) is 15.6. The Morgan fingerprint density at radius 3 is 2.79 bits per heavy atom. The number of hydrogen-bond donors (Lipinski definition) is 1. The second kappa shape index (κ2) is 10.2. The Hall–Kier alpha value is -3.11. The third-order valence-electron chi connectivity index (χ3n) is 5.17. The Kier molecular flexibility index (Phi) is 7.14. The molecule has 2 N–H and O–H groups in total. The van der Waals surface area contributed by atoms with Crippen molar-refractivity contribution in [3.05, 3.63) is 47.0 Å². The van der Waals surface area contributed by atoms with E-state index >= 15 is 0 Å². The number of esters is 2. The molecule has 3 aromatic rings. The summed E-state index contributed by atoms with van der Waals surface area (Å²) in [4.78, 5) is 34.3. The van der Waals surface area contributed by atoms with Gasteiger partial charge in [-0.2, -0.15) is 4.98 Å². The summed E-state index contributed by atoms with van der Waals surface area (Å²) in [5.74, 6) is 0.286. The first-order chi connectivity index (χ1) is 16.0. The quantitative estimate of drug-likeness (QED) is 0.381. The molecule has 1 fully saturated rings. The second-order valence-corrected chi connectivity index (χ2v) is 8.54. The van der Waals surface area contributed by atoms with Crippen molar-refractivity contribution >= 4 is 40.6 Å². The number of anilines is 1. The molecule has 10 heteroatoms. The van der Waals surface area contributed by atoms with Gasteiger partial charge in [0.2, 0.25) is 5.71 Å². The van der Waals surface area contributed by atoms with Crippen molar-refractivity contribution in [2.45, 2.75) is 44.3 Å². The van der Waals surface area contributed by atoms with Crippen molar-refractivity contribution in [2.75, 3.05) is 24.7 Å². The van der Waals surface area contributed by atoms with Crippen LogP contribution in [-0.4, -0.2) is 47.0 Å². The van der Waals surface area contributed by atoms with Gasteiger partial charge < -0.3 is 24.4 Å². The minimum absolute atomic E-state index is 0.0541. The number of carbonyl (C=O) groups is 2. The lowest BCUT2D eigenvalue weighted by Crippen LogP contribution is -2.11. The van der Waals surface area contributed by atoms with Crippen LogP contribution < -0.4 is 5.73 Å². The summed E-state index contributed by atoms with van der Waals surface area (Å²) >= 11 is 1.57. The molecule has 3 heterocycles. The van der Waals surface area contributed by atoms with E-state index in [1.807, 2.05) is 12.1 Å². The van der Waals surface area contributed by atoms with E-state index in [4.69, 9.17) is 24.4 Å². The highest BCUT2D eigenvalue weighted by atomic mass is 32.2. The zero-order valence-corrected chi connectivity index (χ0v) is 19.3. The average molecular weight is 472 g/mol. The molecule has 0 aliphatic carbocycles. The first-order valence-corrected chi connectivity index (χ1v) is 11.7. The molecule has 33 heavy (non-hydrogen) atoms. The summed E-state index contributed by atoms with van der Waals surface area (Å²) in [7, 11) is 0. The number of aromatic nitrogens is 2. The molecule has 0 bridgehead atoms. The van der Waals surface area contributed by atoms with Crippen LogP contribution in [0.4, 0.5) is 5.82 Å². The van der Waals surface area contributed by atoms with E-state index in [2.05, 4.69) is 9.97 Å². The number of carbonyl (C=O) groups excluding carboxylic acids is 2. The maximum absolute atomic E-state index is 12.8. The zero-order valence-electron chi connectivity index (χ0n) is 18.5. The van der Waals surface area contributed by atoms with Crippen LogP contribution in [0.5, 0.6) is 0 Å². The number of hydrogen-bond acceptors (Lipinski definition) is 10. The van der Waals surface area contributed by atoms with Crippen LogP contribution >= 0.6 is 11.8 Å². The maximum atomic E-state index is 12.8. The number of rotatable bonds is 8.